The predicted octanol–water partition coefficient (Wildman–Crippen LogP) is 2.27. The summed E-state index contributed by atoms with van der Waals surface area (Å²) in [6.07, 6.45) is 5.15. The van der Waals surface area contributed by atoms with E-state index in [2.05, 4.69) is 19.2 Å². The molecular weight excluding hydrogens is 178 g/mol. The number of carboxylic acid groups (broad SMARTS) is 1. The Hall–Kier alpha value is -0.570. The van der Waals surface area contributed by atoms with Gasteiger partial charge in [0.2, 0.25) is 0 Å². The smallest absolute Gasteiger partial charge is 0.303 e. The molecule has 0 atom stereocenters. The fourth-order valence-electron chi connectivity index (χ4n) is 1.05. The molecular formula is C11H23NO2. The van der Waals surface area contributed by atoms with E-state index in [1.165, 1.54) is 25.9 Å². The van der Waals surface area contributed by atoms with E-state index in [0.29, 0.717) is 12.3 Å². The number of hydrogen-bond acceptors (Lipinski definition) is 2. The zero-order chi connectivity index (χ0) is 10.8. The first-order valence-corrected chi connectivity index (χ1v) is 5.63. The summed E-state index contributed by atoms with van der Waals surface area (Å²) in [5.74, 6) is -0.125. The van der Waals surface area contributed by atoms with Gasteiger partial charge in [0.15, 0.2) is 0 Å². The fourth-order valence-corrected chi connectivity index (χ4v) is 1.05. The third-order valence-electron chi connectivity index (χ3n) is 2.01. The summed E-state index contributed by atoms with van der Waals surface area (Å²) in [6, 6.07) is 0. The van der Waals surface area contributed by atoms with Gasteiger partial charge in [-0.1, -0.05) is 13.8 Å². The average molecular weight is 201 g/mol. The van der Waals surface area contributed by atoms with Crippen LogP contribution in [0.5, 0.6) is 0 Å². The fraction of sp³-hybridized carbons (Fsp3) is 0.909. The molecule has 0 aromatic rings. The largest absolute Gasteiger partial charge is 0.481 e. The normalized spacial score (nSPS) is 14.4. The number of nitrogens with one attached hydrogen (secondary N) is 1. The molecule has 0 aromatic heterocycles. The minimum atomic E-state index is -0.650. The highest BCUT2D eigenvalue weighted by Crippen LogP contribution is 2.31. The number of carbonyl (C=O) groups is 1. The lowest BCUT2D eigenvalue weighted by Crippen LogP contribution is -2.14. The van der Waals surface area contributed by atoms with Gasteiger partial charge in [0.25, 0.3) is 0 Å². The first-order chi connectivity index (χ1) is 6.70. The quantitative estimate of drug-likeness (QED) is 0.648. The van der Waals surface area contributed by atoms with E-state index in [4.69, 9.17) is 5.11 Å². The lowest BCUT2D eigenvalue weighted by molar-refractivity contribution is -0.137. The monoisotopic (exact) mass is 201 g/mol. The van der Waals surface area contributed by atoms with Gasteiger partial charge in [0, 0.05) is 6.42 Å². The van der Waals surface area contributed by atoms with E-state index in [9.17, 15) is 4.79 Å². The van der Waals surface area contributed by atoms with Crippen LogP contribution in [0, 0.1) is 5.92 Å². The Kier molecular flexibility index (Phi) is 8.64. The minimum Gasteiger partial charge on any atom is -0.481 e. The molecule has 1 rings (SSSR count). The van der Waals surface area contributed by atoms with Gasteiger partial charge in [0.05, 0.1) is 0 Å². The number of aliphatic carboxylic acids is 1. The summed E-state index contributed by atoms with van der Waals surface area (Å²) in [4.78, 5) is 9.85. The minimum absolute atomic E-state index is 0.389. The van der Waals surface area contributed by atoms with E-state index in [0.717, 1.165) is 12.8 Å². The van der Waals surface area contributed by atoms with Crippen molar-refractivity contribution in [1.29, 1.82) is 0 Å². The van der Waals surface area contributed by atoms with E-state index < -0.39 is 5.97 Å². The molecule has 0 aromatic carbocycles. The van der Waals surface area contributed by atoms with Crippen LogP contribution in [-0.4, -0.2) is 24.2 Å². The van der Waals surface area contributed by atoms with E-state index in [1.54, 1.807) is 0 Å². The van der Waals surface area contributed by atoms with Crippen LogP contribution in [0.15, 0.2) is 0 Å². The van der Waals surface area contributed by atoms with Crippen LogP contribution < -0.4 is 5.32 Å². The number of hydrogen-bond donors (Lipinski definition) is 2. The summed E-state index contributed by atoms with van der Waals surface area (Å²) in [5.41, 5.74) is 0. The van der Waals surface area contributed by atoms with E-state index in [1.807, 2.05) is 0 Å². The Labute approximate surface area is 86.9 Å². The lowest BCUT2D eigenvalue weighted by atomic mass is 10.3. The van der Waals surface area contributed by atoms with Crippen molar-refractivity contribution >= 4 is 5.97 Å². The second-order valence-electron chi connectivity index (χ2n) is 3.79. The highest BCUT2D eigenvalue weighted by molar-refractivity contribution is 5.67. The molecule has 1 fully saturated rings. The molecule has 14 heavy (non-hydrogen) atoms. The van der Waals surface area contributed by atoms with Gasteiger partial charge in [-0.2, -0.15) is 0 Å². The van der Waals surface area contributed by atoms with E-state index >= 15 is 0 Å². The van der Waals surface area contributed by atoms with Crippen LogP contribution in [0.25, 0.3) is 0 Å². The number of carboxylic acids is 1. The van der Waals surface area contributed by atoms with Crippen molar-refractivity contribution in [2.45, 2.75) is 46.0 Å². The Bertz CT molecular complexity index is 140. The molecule has 1 aliphatic rings. The van der Waals surface area contributed by atoms with Crippen molar-refractivity contribution in [2.24, 2.45) is 5.92 Å². The Morgan fingerprint density at radius 2 is 1.79 bits per heavy atom. The van der Waals surface area contributed by atoms with Gasteiger partial charge in [-0.3, -0.25) is 4.79 Å². The predicted molar refractivity (Wildman–Crippen MR) is 58.4 cm³/mol. The second-order valence-corrected chi connectivity index (χ2v) is 3.79. The third-order valence-corrected chi connectivity index (χ3v) is 2.01. The topological polar surface area (TPSA) is 49.3 Å². The SMILES string of the molecule is CCCNCCC.O=C(O)CC1CC1. The molecule has 0 heterocycles. The molecule has 0 bridgehead atoms. The van der Waals surface area contributed by atoms with Crippen LogP contribution in [-0.2, 0) is 4.79 Å². The van der Waals surface area contributed by atoms with Gasteiger partial charge < -0.3 is 10.4 Å². The molecule has 0 amide bonds. The van der Waals surface area contributed by atoms with Gasteiger partial charge in [-0.05, 0) is 44.7 Å². The highest BCUT2D eigenvalue weighted by Gasteiger charge is 2.23. The van der Waals surface area contributed by atoms with Crippen LogP contribution >= 0.6 is 0 Å². The third kappa shape index (κ3) is 11.4. The van der Waals surface area contributed by atoms with Gasteiger partial charge in [0.1, 0.15) is 0 Å². The summed E-state index contributed by atoms with van der Waals surface area (Å²) < 4.78 is 0. The number of rotatable bonds is 6. The maximum atomic E-state index is 9.85. The zero-order valence-corrected chi connectivity index (χ0v) is 9.38. The van der Waals surface area contributed by atoms with Crippen LogP contribution in [0.3, 0.4) is 0 Å². The zero-order valence-electron chi connectivity index (χ0n) is 9.38. The second kappa shape index (κ2) is 9.00. The first-order valence-electron chi connectivity index (χ1n) is 5.63. The van der Waals surface area contributed by atoms with Gasteiger partial charge in [-0.15, -0.1) is 0 Å². The molecule has 0 aliphatic heterocycles. The van der Waals surface area contributed by atoms with Crippen molar-refractivity contribution in [3.8, 4) is 0 Å². The van der Waals surface area contributed by atoms with E-state index in [-0.39, 0.29) is 0 Å². The van der Waals surface area contributed by atoms with Crippen LogP contribution in [0.1, 0.15) is 46.0 Å². The summed E-state index contributed by atoms with van der Waals surface area (Å²) in [6.45, 7) is 6.72. The first kappa shape index (κ1) is 13.4. The molecule has 1 saturated carbocycles. The molecule has 3 nitrogen and oxygen atoms in total. The molecule has 0 radical (unpaired) electrons. The van der Waals surface area contributed by atoms with Crippen molar-refractivity contribution in [1.82, 2.24) is 5.32 Å². The summed E-state index contributed by atoms with van der Waals surface area (Å²) in [5, 5.41) is 11.4. The Morgan fingerprint density at radius 3 is 2.00 bits per heavy atom. The maximum Gasteiger partial charge on any atom is 0.303 e. The summed E-state index contributed by atoms with van der Waals surface area (Å²) in [7, 11) is 0. The summed E-state index contributed by atoms with van der Waals surface area (Å²) >= 11 is 0. The van der Waals surface area contributed by atoms with Gasteiger partial charge in [-0.25, -0.2) is 0 Å². The van der Waals surface area contributed by atoms with Crippen molar-refractivity contribution in [3.05, 3.63) is 0 Å². The lowest BCUT2D eigenvalue weighted by Gasteiger charge is -1.95. The standard InChI is InChI=1S/C6H15N.C5H8O2/c1-3-5-7-6-4-2;6-5(7)3-4-1-2-4/h7H,3-6H2,1-2H3;4H,1-3H2,(H,6,7). The molecule has 3 heteroatoms. The average Bonchev–Trinajstić information content (AvgIpc) is 2.89. The molecule has 84 valence electrons. The molecule has 1 aliphatic carbocycles. The molecule has 2 N–H and O–H groups in total. The van der Waals surface area contributed by atoms with Crippen LogP contribution in [0.4, 0.5) is 0 Å². The molecule has 0 unspecified atom stereocenters. The molecule has 0 spiro atoms. The van der Waals surface area contributed by atoms with Crippen molar-refractivity contribution in [2.75, 3.05) is 13.1 Å². The highest BCUT2D eigenvalue weighted by atomic mass is 16.4. The Morgan fingerprint density at radius 1 is 1.29 bits per heavy atom. The van der Waals surface area contributed by atoms with Crippen molar-refractivity contribution < 1.29 is 9.90 Å². The van der Waals surface area contributed by atoms with Crippen molar-refractivity contribution in [3.63, 3.8) is 0 Å². The Balaban J connectivity index is 0.000000241. The maximum absolute atomic E-state index is 9.85. The van der Waals surface area contributed by atoms with Crippen LogP contribution in [0.2, 0.25) is 0 Å². The molecule has 0 saturated heterocycles. The van der Waals surface area contributed by atoms with Gasteiger partial charge >= 0.3 is 5.97 Å².